The largest absolute Gasteiger partial charge is 0.488 e. The van der Waals surface area contributed by atoms with Gasteiger partial charge in [-0.15, -0.1) is 0 Å². The predicted molar refractivity (Wildman–Crippen MR) is 275 cm³/mol. The minimum absolute atomic E-state index is 0.0126. The van der Waals surface area contributed by atoms with Crippen molar-refractivity contribution in [1.29, 1.82) is 0 Å². The van der Waals surface area contributed by atoms with E-state index in [1.54, 1.807) is 34.2 Å². The fourth-order valence-corrected chi connectivity index (χ4v) is 8.05. The zero-order valence-corrected chi connectivity index (χ0v) is 41.6. The minimum atomic E-state index is -1.38. The number of anilines is 2. The lowest BCUT2D eigenvalue weighted by Crippen LogP contribution is -2.44. The van der Waals surface area contributed by atoms with E-state index < -0.39 is 28.2 Å². The fraction of sp³-hybridized carbons (Fsp3) is 0.360. The van der Waals surface area contributed by atoms with Crippen LogP contribution in [0.5, 0.6) is 0 Å². The number of carbonyl (C=O) groups is 2. The Bertz CT molecular complexity index is 2810. The molecular weight excluding hydrogens is 963 g/mol. The summed E-state index contributed by atoms with van der Waals surface area (Å²) in [4.78, 5) is 58.2. The lowest BCUT2D eigenvalue weighted by molar-refractivity contribution is -0.384. The maximum atomic E-state index is 12.3. The van der Waals surface area contributed by atoms with Gasteiger partial charge in [0.05, 0.1) is 9.85 Å². The van der Waals surface area contributed by atoms with Crippen molar-refractivity contribution in [3.63, 3.8) is 0 Å². The van der Waals surface area contributed by atoms with E-state index in [0.717, 1.165) is 27.1 Å². The maximum absolute atomic E-state index is 12.3. The first-order valence-electron chi connectivity index (χ1n) is 22.9. The number of rotatable bonds is 8. The summed E-state index contributed by atoms with van der Waals surface area (Å²) in [5.41, 5.74) is 0.907. The Morgan fingerprint density at radius 3 is 1.51 bits per heavy atom. The summed E-state index contributed by atoms with van der Waals surface area (Å²) >= 11 is 3.18. The molecule has 0 aliphatic carbocycles. The van der Waals surface area contributed by atoms with E-state index in [0.29, 0.717) is 67.4 Å². The molecule has 4 heterocycles. The average molecular weight is 1020 g/mol. The summed E-state index contributed by atoms with van der Waals surface area (Å²) in [6.45, 7) is 13.1. The number of amides is 2. The van der Waals surface area contributed by atoms with Crippen LogP contribution in [0.25, 0.3) is 32.7 Å². The van der Waals surface area contributed by atoms with Crippen LogP contribution in [0.1, 0.15) is 67.2 Å². The number of carbonyl (C=O) groups excluding carboxylic acids is 2. The second kappa shape index (κ2) is 23.1. The van der Waals surface area contributed by atoms with E-state index in [1.165, 1.54) is 12.3 Å². The molecule has 6 aromatic rings. The van der Waals surface area contributed by atoms with Crippen LogP contribution in [0.15, 0.2) is 114 Å². The van der Waals surface area contributed by atoms with Crippen LogP contribution in [0.2, 0.25) is 0 Å². The minimum Gasteiger partial charge on any atom is -0.444 e. The molecule has 0 unspecified atom stereocenters. The van der Waals surface area contributed by atoms with Crippen molar-refractivity contribution in [1.82, 2.24) is 19.8 Å². The number of hydrogen-bond acceptors (Lipinski definition) is 14. The summed E-state index contributed by atoms with van der Waals surface area (Å²) in [6.07, 6.45) is 5.19. The van der Waals surface area contributed by atoms with Crippen LogP contribution in [0.3, 0.4) is 0 Å². The lowest BCUT2D eigenvalue weighted by atomic mass is 9.79. The van der Waals surface area contributed by atoms with Crippen LogP contribution >= 0.6 is 15.9 Å². The van der Waals surface area contributed by atoms with E-state index >= 15 is 0 Å². The smallest absolute Gasteiger partial charge is 0.444 e. The topological polar surface area (TPSA) is 236 Å². The Morgan fingerprint density at radius 1 is 0.629 bits per heavy atom. The van der Waals surface area contributed by atoms with Crippen LogP contribution in [0, 0.1) is 20.2 Å². The molecule has 2 saturated heterocycles. The van der Waals surface area contributed by atoms with Crippen molar-refractivity contribution in [2.75, 3.05) is 36.8 Å². The third-order valence-corrected chi connectivity index (χ3v) is 11.7. The van der Waals surface area contributed by atoms with E-state index in [-0.39, 0.29) is 47.3 Å². The molecule has 18 nitrogen and oxygen atoms in total. The molecule has 0 bridgehead atoms. The van der Waals surface area contributed by atoms with Gasteiger partial charge in [-0.2, -0.15) is 0 Å². The van der Waals surface area contributed by atoms with Crippen molar-refractivity contribution in [2.24, 2.45) is 0 Å². The summed E-state index contributed by atoms with van der Waals surface area (Å²) in [5, 5.41) is 51.4. The molecule has 8 rings (SSSR count). The highest BCUT2D eigenvalue weighted by Gasteiger charge is 2.30. The second-order valence-corrected chi connectivity index (χ2v) is 19.9. The van der Waals surface area contributed by atoms with Gasteiger partial charge in [-0.25, -0.2) is 19.6 Å². The number of aromatic nitrogens is 2. The third kappa shape index (κ3) is 15.1. The number of fused-ring (bicyclic) bond motifs is 2. The number of likely N-dealkylation sites (tertiary alicyclic amines) is 2. The Balaban J connectivity index is 0.000000189. The van der Waals surface area contributed by atoms with Gasteiger partial charge in [-0.1, -0.05) is 78.9 Å². The molecule has 2 aliphatic rings. The summed E-state index contributed by atoms with van der Waals surface area (Å²) in [7, 11) is -1.38. The summed E-state index contributed by atoms with van der Waals surface area (Å²) in [5.74, 6) is 0.499. The number of nitro groups is 2. The van der Waals surface area contributed by atoms with E-state index in [2.05, 4.69) is 36.5 Å². The SMILES string of the molecule is CC(C)(C)OC(=O)N1CCC(Nc2ncc(-c3ccc4ccccc4c3)cc2[N+](=O)[O-])CC1.CC(C)(C)OC(=O)N1CCC(Nc2ncc(Br)cc2[N+](=O)[O-])CC1.OB(O)c1ccc2ccccc2c1. The second-order valence-electron chi connectivity index (χ2n) is 18.9. The first-order valence-corrected chi connectivity index (χ1v) is 23.7. The lowest BCUT2D eigenvalue weighted by Gasteiger charge is -2.33. The number of pyridine rings is 2. The molecule has 368 valence electrons. The quantitative estimate of drug-likeness (QED) is 0.0631. The Labute approximate surface area is 415 Å². The zero-order valence-electron chi connectivity index (χ0n) is 40.0. The number of halogens is 1. The Hall–Kier alpha value is -6.90. The Kier molecular flexibility index (Phi) is 17.3. The van der Waals surface area contributed by atoms with E-state index in [1.807, 2.05) is 114 Å². The number of ether oxygens (including phenoxy) is 2. The summed E-state index contributed by atoms with van der Waals surface area (Å²) < 4.78 is 11.3. The molecule has 2 fully saturated rings. The van der Waals surface area contributed by atoms with Gasteiger partial charge in [0.2, 0.25) is 11.6 Å². The third-order valence-electron chi connectivity index (χ3n) is 11.2. The molecule has 2 aromatic heterocycles. The monoisotopic (exact) mass is 1020 g/mol. The molecule has 2 aliphatic heterocycles. The number of hydrogen-bond donors (Lipinski definition) is 4. The van der Waals surface area contributed by atoms with Gasteiger partial charge in [0, 0.05) is 72.8 Å². The van der Waals surface area contributed by atoms with Gasteiger partial charge in [-0.3, -0.25) is 20.2 Å². The van der Waals surface area contributed by atoms with Gasteiger partial charge >= 0.3 is 30.7 Å². The van der Waals surface area contributed by atoms with Gasteiger partial charge in [0.1, 0.15) is 11.2 Å². The van der Waals surface area contributed by atoms with Crippen LogP contribution in [-0.4, -0.2) is 108 Å². The van der Waals surface area contributed by atoms with Crippen LogP contribution in [-0.2, 0) is 9.47 Å². The van der Waals surface area contributed by atoms with Gasteiger partial charge in [0.25, 0.3) is 0 Å². The highest BCUT2D eigenvalue weighted by molar-refractivity contribution is 9.10. The molecule has 4 N–H and O–H groups in total. The normalized spacial score (nSPS) is 14.4. The Morgan fingerprint density at radius 2 is 1.06 bits per heavy atom. The highest BCUT2D eigenvalue weighted by atomic mass is 79.9. The highest BCUT2D eigenvalue weighted by Crippen LogP contribution is 2.32. The maximum Gasteiger partial charge on any atom is 0.488 e. The van der Waals surface area contributed by atoms with Gasteiger partial charge in [0.15, 0.2) is 0 Å². The molecule has 0 spiro atoms. The fourth-order valence-electron chi connectivity index (χ4n) is 7.73. The zero-order chi connectivity index (χ0) is 50.8. The van der Waals surface area contributed by atoms with Crippen LogP contribution < -0.4 is 16.1 Å². The average Bonchev–Trinajstić information content (AvgIpc) is 3.31. The molecule has 20 heteroatoms. The number of benzene rings is 4. The van der Waals surface area contributed by atoms with Crippen LogP contribution in [0.4, 0.5) is 32.6 Å². The van der Waals surface area contributed by atoms with E-state index in [9.17, 15) is 29.8 Å². The van der Waals surface area contributed by atoms with Crippen molar-refractivity contribution < 1.29 is 39.0 Å². The molecule has 70 heavy (non-hydrogen) atoms. The van der Waals surface area contributed by atoms with Crippen molar-refractivity contribution in [2.45, 2.75) is 90.5 Å². The molecule has 0 radical (unpaired) electrons. The first-order chi connectivity index (χ1) is 33.1. The molecule has 0 saturated carbocycles. The molecule has 0 atom stereocenters. The number of piperidine rings is 2. The van der Waals surface area contributed by atoms with E-state index in [4.69, 9.17) is 19.5 Å². The molecular formula is C50H58BBrN8O10. The first kappa shape index (κ1) is 52.5. The molecule has 2 amide bonds. The predicted octanol–water partition coefficient (Wildman–Crippen LogP) is 9.70. The number of nitrogens with zero attached hydrogens (tertiary/aromatic N) is 6. The van der Waals surface area contributed by atoms with Crippen molar-refractivity contribution in [3.8, 4) is 11.1 Å². The molecule has 4 aromatic carbocycles. The standard InChI is InChI=1S/C25H28N4O4.C15H21BrN4O4.C10H9BO2/c1-25(2,3)33-24(30)28-12-10-21(11-13-28)27-23-22(29(31)32)15-20(16-26-23)19-9-8-17-6-4-5-7-18(17)14-19;1-15(2,3)24-14(21)19-6-4-11(5-7-19)18-13-12(20(22)23)8-10(16)9-17-13;12-11(13)10-6-5-8-3-1-2-4-9(8)7-10/h4-9,14-16,21H,10-13H2,1-3H3,(H,26,27);8-9,11H,4-7H2,1-3H3,(H,17,18);1-7,12-13H. The van der Waals surface area contributed by atoms with Crippen molar-refractivity contribution >= 4 is 85.3 Å². The van der Waals surface area contributed by atoms with Gasteiger partial charge in [-0.05, 0) is 122 Å². The number of nitrogens with one attached hydrogen (secondary N) is 2. The van der Waals surface area contributed by atoms with Crippen molar-refractivity contribution in [3.05, 3.63) is 134 Å². The van der Waals surface area contributed by atoms with Gasteiger partial charge < -0.3 is 40.0 Å². The summed E-state index contributed by atoms with van der Waals surface area (Å²) in [6, 6.07) is 30.1.